The summed E-state index contributed by atoms with van der Waals surface area (Å²) < 4.78 is 13.7. The van der Waals surface area contributed by atoms with Gasteiger partial charge in [-0.25, -0.2) is 4.98 Å². The highest BCUT2D eigenvalue weighted by Crippen LogP contribution is 2.53. The molecule has 14 rings (SSSR count). The molecule has 0 radical (unpaired) electrons. The van der Waals surface area contributed by atoms with Crippen LogP contribution in [0.4, 0.5) is 34.3 Å². The summed E-state index contributed by atoms with van der Waals surface area (Å²) in [6.45, 7) is 9.27. The van der Waals surface area contributed by atoms with Gasteiger partial charge in [0.05, 0.1) is 28.3 Å². The second-order valence-electron chi connectivity index (χ2n) is 19.4. The van der Waals surface area contributed by atoms with Crippen molar-refractivity contribution < 1.29 is 8.83 Å². The SMILES string of the molecule is CC(C)c1cc(N(c2ccc3ccccc3c2)c2cccc3c2oc2ccccc23)c2ccc3c(C(C)C)cc(N(c4ccc5ccccc5n4)c4cccc5c4oc4ccccc45)c4ccc1c2c34. The van der Waals surface area contributed by atoms with E-state index in [0.29, 0.717) is 0 Å². The van der Waals surface area contributed by atoms with Crippen molar-refractivity contribution in [3.8, 4) is 0 Å². The first-order valence-corrected chi connectivity index (χ1v) is 24.4. The lowest BCUT2D eigenvalue weighted by atomic mass is 9.84. The molecule has 334 valence electrons. The van der Waals surface area contributed by atoms with E-state index in [1.807, 2.05) is 6.07 Å². The number of benzene rings is 11. The Balaban J connectivity index is 1.11. The van der Waals surface area contributed by atoms with Gasteiger partial charge in [0.25, 0.3) is 0 Å². The van der Waals surface area contributed by atoms with Crippen molar-refractivity contribution in [2.45, 2.75) is 39.5 Å². The summed E-state index contributed by atoms with van der Waals surface area (Å²) in [5.41, 5.74) is 12.1. The molecule has 0 saturated carbocycles. The molecule has 0 amide bonds. The predicted molar refractivity (Wildman–Crippen MR) is 295 cm³/mol. The number of fused-ring (bicyclic) bond motifs is 8. The minimum Gasteiger partial charge on any atom is -0.454 e. The number of furan rings is 2. The molecule has 0 N–H and O–H groups in total. The number of hydrogen-bond donors (Lipinski definition) is 0. The topological polar surface area (TPSA) is 45.7 Å². The minimum atomic E-state index is 0.209. The number of para-hydroxylation sites is 5. The van der Waals surface area contributed by atoms with E-state index in [4.69, 9.17) is 13.8 Å². The highest BCUT2D eigenvalue weighted by molar-refractivity contribution is 6.30. The Morgan fingerprint density at radius 1 is 0.357 bits per heavy atom. The lowest BCUT2D eigenvalue weighted by Crippen LogP contribution is -2.14. The van der Waals surface area contributed by atoms with Gasteiger partial charge in [-0.1, -0.05) is 161 Å². The summed E-state index contributed by atoms with van der Waals surface area (Å²) in [6, 6.07) is 72.3. The molecule has 5 heteroatoms. The highest BCUT2D eigenvalue weighted by Gasteiger charge is 2.29. The Morgan fingerprint density at radius 2 is 0.843 bits per heavy atom. The first-order chi connectivity index (χ1) is 34.4. The van der Waals surface area contributed by atoms with Gasteiger partial charge in [-0.05, 0) is 122 Å². The zero-order valence-corrected chi connectivity index (χ0v) is 39.4. The molecular formula is C65H47N3O2. The van der Waals surface area contributed by atoms with Gasteiger partial charge < -0.3 is 13.7 Å². The van der Waals surface area contributed by atoms with Gasteiger partial charge in [0.1, 0.15) is 17.0 Å². The van der Waals surface area contributed by atoms with E-state index < -0.39 is 0 Å². The average molecular weight is 902 g/mol. The fourth-order valence-corrected chi connectivity index (χ4v) is 11.4. The van der Waals surface area contributed by atoms with Gasteiger partial charge in [-0.3, -0.25) is 4.90 Å². The molecule has 5 nitrogen and oxygen atoms in total. The first kappa shape index (κ1) is 40.4. The van der Waals surface area contributed by atoms with E-state index in [9.17, 15) is 0 Å². The molecule has 0 saturated heterocycles. The lowest BCUT2D eigenvalue weighted by Gasteiger charge is -2.31. The number of rotatable bonds is 8. The summed E-state index contributed by atoms with van der Waals surface area (Å²) >= 11 is 0. The van der Waals surface area contributed by atoms with Crippen LogP contribution in [-0.4, -0.2) is 4.98 Å². The molecule has 0 unspecified atom stereocenters. The van der Waals surface area contributed by atoms with Crippen LogP contribution < -0.4 is 9.80 Å². The standard InChI is InChI=1S/C65H47N3O2/c1-38(2)52-36-57(67(43-29-27-40-15-5-6-17-42(40)35-43)55-23-13-20-48-44-18-8-11-25-59(44)69-64(48)55)50-32-30-47-53(39(3)4)37-58(51-33-31-46(52)62(50)63(47)51)68(61-34-28-41-16-7-10-22-54(41)66-61)56-24-14-21-49-45-19-9-12-26-60(45)70-65(49)56/h5-39H,1-4H3. The third-order valence-corrected chi connectivity index (χ3v) is 14.7. The predicted octanol–water partition coefficient (Wildman–Crippen LogP) is 19.3. The maximum absolute atomic E-state index is 6.88. The van der Waals surface area contributed by atoms with E-state index in [1.165, 1.54) is 48.8 Å². The molecular weight excluding hydrogens is 855 g/mol. The van der Waals surface area contributed by atoms with Crippen LogP contribution >= 0.6 is 0 Å². The normalized spacial score (nSPS) is 12.3. The van der Waals surface area contributed by atoms with Crippen LogP contribution in [0.3, 0.4) is 0 Å². The molecule has 0 spiro atoms. The summed E-state index contributed by atoms with van der Waals surface area (Å²) in [4.78, 5) is 10.2. The molecule has 0 aliphatic carbocycles. The number of anilines is 6. The Labute approximate surface area is 404 Å². The molecule has 3 heterocycles. The highest BCUT2D eigenvalue weighted by atomic mass is 16.3. The van der Waals surface area contributed by atoms with Crippen LogP contribution in [0.1, 0.15) is 50.7 Å². The van der Waals surface area contributed by atoms with Gasteiger partial charge in [-0.15, -0.1) is 0 Å². The summed E-state index contributed by atoms with van der Waals surface area (Å²) in [7, 11) is 0. The molecule has 11 aromatic carbocycles. The Kier molecular flexibility index (Phi) is 8.90. The summed E-state index contributed by atoms with van der Waals surface area (Å²) in [5.74, 6) is 1.25. The number of aromatic nitrogens is 1. The lowest BCUT2D eigenvalue weighted by molar-refractivity contribution is 0.668. The maximum atomic E-state index is 6.88. The van der Waals surface area contributed by atoms with Crippen molar-refractivity contribution in [2.24, 2.45) is 0 Å². The molecule has 0 atom stereocenters. The minimum absolute atomic E-state index is 0.209. The fraction of sp³-hybridized carbons (Fsp3) is 0.0923. The number of pyridine rings is 1. The zero-order chi connectivity index (χ0) is 46.8. The number of hydrogen-bond acceptors (Lipinski definition) is 5. The summed E-state index contributed by atoms with van der Waals surface area (Å²) in [5, 5.41) is 15.1. The van der Waals surface area contributed by atoms with E-state index in [-0.39, 0.29) is 11.8 Å². The molecule has 0 fully saturated rings. The third kappa shape index (κ3) is 6.01. The van der Waals surface area contributed by atoms with Crippen LogP contribution in [0.25, 0.3) is 97.9 Å². The van der Waals surface area contributed by atoms with E-state index in [0.717, 1.165) is 94.4 Å². The molecule has 0 aliphatic heterocycles. The van der Waals surface area contributed by atoms with Crippen LogP contribution in [0.15, 0.2) is 209 Å². The largest absolute Gasteiger partial charge is 0.454 e. The van der Waals surface area contributed by atoms with Crippen molar-refractivity contribution in [3.05, 3.63) is 211 Å². The van der Waals surface area contributed by atoms with E-state index in [1.54, 1.807) is 0 Å². The molecule has 14 aromatic rings. The van der Waals surface area contributed by atoms with Crippen LogP contribution in [0.5, 0.6) is 0 Å². The molecule has 0 bridgehead atoms. The third-order valence-electron chi connectivity index (χ3n) is 14.7. The number of nitrogens with zero attached hydrogens (tertiary/aromatic N) is 3. The monoisotopic (exact) mass is 901 g/mol. The molecule has 3 aromatic heterocycles. The van der Waals surface area contributed by atoms with Crippen molar-refractivity contribution in [1.29, 1.82) is 0 Å². The molecule has 0 aliphatic rings. The van der Waals surface area contributed by atoms with E-state index in [2.05, 4.69) is 232 Å². The van der Waals surface area contributed by atoms with Gasteiger partial charge in [0, 0.05) is 43.4 Å². The fourth-order valence-electron chi connectivity index (χ4n) is 11.4. The Morgan fingerprint density at radius 3 is 1.46 bits per heavy atom. The summed E-state index contributed by atoms with van der Waals surface area (Å²) in [6.07, 6.45) is 0. The first-order valence-electron chi connectivity index (χ1n) is 24.4. The average Bonchev–Trinajstić information content (AvgIpc) is 3.98. The smallest absolute Gasteiger partial charge is 0.159 e. The van der Waals surface area contributed by atoms with Gasteiger partial charge in [0.2, 0.25) is 0 Å². The Bertz CT molecular complexity index is 4120. The zero-order valence-electron chi connectivity index (χ0n) is 39.4. The van der Waals surface area contributed by atoms with E-state index >= 15 is 0 Å². The quantitative estimate of drug-likeness (QED) is 0.142. The second kappa shape index (κ2) is 15.4. The van der Waals surface area contributed by atoms with Crippen molar-refractivity contribution in [2.75, 3.05) is 9.80 Å². The molecule has 70 heavy (non-hydrogen) atoms. The van der Waals surface area contributed by atoms with Crippen molar-refractivity contribution >= 4 is 132 Å². The Hall–Kier alpha value is -8.67. The van der Waals surface area contributed by atoms with Crippen molar-refractivity contribution in [1.82, 2.24) is 4.98 Å². The maximum Gasteiger partial charge on any atom is 0.159 e. The van der Waals surface area contributed by atoms with Crippen molar-refractivity contribution in [3.63, 3.8) is 0 Å². The van der Waals surface area contributed by atoms with Gasteiger partial charge in [-0.2, -0.15) is 0 Å². The van der Waals surface area contributed by atoms with Crippen LogP contribution in [-0.2, 0) is 0 Å². The second-order valence-corrected chi connectivity index (χ2v) is 19.4. The van der Waals surface area contributed by atoms with Gasteiger partial charge in [0.15, 0.2) is 11.2 Å². The van der Waals surface area contributed by atoms with Crippen LogP contribution in [0.2, 0.25) is 0 Å². The van der Waals surface area contributed by atoms with Crippen LogP contribution in [0, 0.1) is 0 Å². The van der Waals surface area contributed by atoms with Gasteiger partial charge >= 0.3 is 0 Å².